The Morgan fingerprint density at radius 1 is 1.44 bits per heavy atom. The summed E-state index contributed by atoms with van der Waals surface area (Å²) in [7, 11) is -2.54. The molecule has 1 atom stereocenters. The Hall–Kier alpha value is -1.64. The van der Waals surface area contributed by atoms with E-state index in [1.165, 1.54) is 31.4 Å². The van der Waals surface area contributed by atoms with E-state index >= 15 is 0 Å². The van der Waals surface area contributed by atoms with E-state index in [2.05, 4.69) is 10.1 Å². The molecule has 4 N–H and O–H groups in total. The molecule has 1 unspecified atom stereocenters. The summed E-state index contributed by atoms with van der Waals surface area (Å²) >= 11 is 0. The Kier molecular flexibility index (Phi) is 4.65. The van der Waals surface area contributed by atoms with E-state index in [0.717, 1.165) is 0 Å². The van der Waals surface area contributed by atoms with Crippen molar-refractivity contribution >= 4 is 21.7 Å². The van der Waals surface area contributed by atoms with Crippen molar-refractivity contribution in [3.8, 4) is 0 Å². The maximum atomic E-state index is 11.2. The molecule has 0 radical (unpaired) electrons. The first-order chi connectivity index (χ1) is 8.38. The topological polar surface area (TPSA) is 119 Å². The van der Waals surface area contributed by atoms with Crippen molar-refractivity contribution in [2.75, 3.05) is 19.0 Å². The smallest absolute Gasteiger partial charge is 0.330 e. The number of esters is 1. The van der Waals surface area contributed by atoms with Crippen LogP contribution in [0.4, 0.5) is 5.69 Å². The van der Waals surface area contributed by atoms with Crippen molar-refractivity contribution in [2.24, 2.45) is 5.14 Å². The van der Waals surface area contributed by atoms with Crippen LogP contribution in [0.25, 0.3) is 0 Å². The zero-order chi connectivity index (χ0) is 13.8. The van der Waals surface area contributed by atoms with Gasteiger partial charge < -0.3 is 15.2 Å². The number of primary sulfonamides is 1. The summed E-state index contributed by atoms with van der Waals surface area (Å²) < 4.78 is 26.5. The van der Waals surface area contributed by atoms with Gasteiger partial charge in [-0.1, -0.05) is 0 Å². The van der Waals surface area contributed by atoms with Gasteiger partial charge in [0.15, 0.2) is 0 Å². The van der Waals surface area contributed by atoms with E-state index in [1.807, 2.05) is 0 Å². The van der Waals surface area contributed by atoms with Gasteiger partial charge >= 0.3 is 5.97 Å². The van der Waals surface area contributed by atoms with Gasteiger partial charge in [-0.2, -0.15) is 0 Å². The average molecular weight is 274 g/mol. The van der Waals surface area contributed by atoms with Gasteiger partial charge in [-0.15, -0.1) is 0 Å². The lowest BCUT2D eigenvalue weighted by atomic mass is 10.2. The fourth-order valence-corrected chi connectivity index (χ4v) is 1.78. The summed E-state index contributed by atoms with van der Waals surface area (Å²) in [4.78, 5) is 11.2. The SMILES string of the molecule is COC(=O)C(CO)Nc1ccc(S(N)(=O)=O)cc1. The number of aliphatic hydroxyl groups is 1. The molecular weight excluding hydrogens is 260 g/mol. The van der Waals surface area contributed by atoms with Crippen molar-refractivity contribution in [3.63, 3.8) is 0 Å². The summed E-state index contributed by atoms with van der Waals surface area (Å²) in [6.07, 6.45) is 0. The van der Waals surface area contributed by atoms with Crippen LogP contribution < -0.4 is 10.5 Å². The number of carbonyl (C=O) groups is 1. The van der Waals surface area contributed by atoms with Crippen molar-refractivity contribution in [1.82, 2.24) is 0 Å². The lowest BCUT2D eigenvalue weighted by molar-refractivity contribution is -0.142. The molecule has 0 aliphatic rings. The highest BCUT2D eigenvalue weighted by atomic mass is 32.2. The highest BCUT2D eigenvalue weighted by Crippen LogP contribution is 2.13. The maximum absolute atomic E-state index is 11.2. The average Bonchev–Trinajstić information content (AvgIpc) is 2.34. The number of nitrogens with two attached hydrogens (primary N) is 1. The molecule has 0 spiro atoms. The number of methoxy groups -OCH3 is 1. The van der Waals surface area contributed by atoms with Crippen LogP contribution in [-0.2, 0) is 19.6 Å². The van der Waals surface area contributed by atoms with Crippen LogP contribution >= 0.6 is 0 Å². The Bertz CT molecular complexity index is 512. The third kappa shape index (κ3) is 3.69. The molecule has 0 fully saturated rings. The molecule has 0 aliphatic carbocycles. The van der Waals surface area contributed by atoms with Crippen molar-refractivity contribution in [3.05, 3.63) is 24.3 Å². The summed E-state index contributed by atoms with van der Waals surface area (Å²) in [6, 6.07) is 4.55. The molecule has 1 aromatic rings. The minimum atomic E-state index is -3.74. The molecule has 1 aromatic carbocycles. The first kappa shape index (κ1) is 14.4. The lowest BCUT2D eigenvalue weighted by Crippen LogP contribution is -2.34. The first-order valence-electron chi connectivity index (χ1n) is 4.96. The Balaban J connectivity index is 2.83. The number of carbonyl (C=O) groups excluding carboxylic acids is 1. The van der Waals surface area contributed by atoms with E-state index < -0.39 is 28.6 Å². The summed E-state index contributed by atoms with van der Waals surface area (Å²) in [5.41, 5.74) is 0.465. The van der Waals surface area contributed by atoms with Crippen LogP contribution in [0.2, 0.25) is 0 Å². The highest BCUT2D eigenvalue weighted by molar-refractivity contribution is 7.89. The van der Waals surface area contributed by atoms with Gasteiger partial charge in [0.25, 0.3) is 0 Å². The first-order valence-corrected chi connectivity index (χ1v) is 6.51. The third-order valence-electron chi connectivity index (χ3n) is 2.19. The molecule has 100 valence electrons. The van der Waals surface area contributed by atoms with Crippen LogP contribution in [0.1, 0.15) is 0 Å². The number of nitrogens with one attached hydrogen (secondary N) is 1. The maximum Gasteiger partial charge on any atom is 0.330 e. The van der Waals surface area contributed by atoms with E-state index in [1.54, 1.807) is 0 Å². The molecule has 0 heterocycles. The number of aliphatic hydroxyl groups excluding tert-OH is 1. The van der Waals surface area contributed by atoms with E-state index in [-0.39, 0.29) is 4.90 Å². The Labute approximate surface area is 105 Å². The third-order valence-corrected chi connectivity index (χ3v) is 3.12. The molecule has 1 rings (SSSR count). The highest BCUT2D eigenvalue weighted by Gasteiger charge is 2.17. The second-order valence-corrected chi connectivity index (χ2v) is 5.03. The number of rotatable bonds is 5. The van der Waals surface area contributed by atoms with E-state index in [4.69, 9.17) is 10.2 Å². The number of benzene rings is 1. The molecule has 8 heteroatoms. The molecule has 18 heavy (non-hydrogen) atoms. The van der Waals surface area contributed by atoms with Gasteiger partial charge in [0.2, 0.25) is 10.0 Å². The van der Waals surface area contributed by atoms with Crippen LogP contribution in [0, 0.1) is 0 Å². The summed E-state index contributed by atoms with van der Waals surface area (Å²) in [5, 5.41) is 16.6. The number of ether oxygens (including phenoxy) is 1. The molecule has 7 nitrogen and oxygen atoms in total. The van der Waals surface area contributed by atoms with Crippen LogP contribution in [-0.4, -0.2) is 39.3 Å². The molecule has 0 saturated carbocycles. The molecule has 0 aliphatic heterocycles. The van der Waals surface area contributed by atoms with Gasteiger partial charge in [0.1, 0.15) is 6.04 Å². The predicted molar refractivity (Wildman–Crippen MR) is 64.3 cm³/mol. The normalized spacial score (nSPS) is 12.8. The second-order valence-electron chi connectivity index (χ2n) is 3.47. The number of hydrogen-bond donors (Lipinski definition) is 3. The molecule has 0 saturated heterocycles. The largest absolute Gasteiger partial charge is 0.467 e. The van der Waals surface area contributed by atoms with Crippen LogP contribution in [0.5, 0.6) is 0 Å². The van der Waals surface area contributed by atoms with Gasteiger partial charge in [0, 0.05) is 5.69 Å². The number of hydrogen-bond acceptors (Lipinski definition) is 6. The van der Waals surface area contributed by atoms with Gasteiger partial charge in [0.05, 0.1) is 18.6 Å². The van der Waals surface area contributed by atoms with Crippen molar-refractivity contribution in [2.45, 2.75) is 10.9 Å². The zero-order valence-corrected chi connectivity index (χ0v) is 10.5. The van der Waals surface area contributed by atoms with Crippen LogP contribution in [0.15, 0.2) is 29.2 Å². The van der Waals surface area contributed by atoms with Crippen molar-refractivity contribution in [1.29, 1.82) is 0 Å². The zero-order valence-electron chi connectivity index (χ0n) is 9.66. The van der Waals surface area contributed by atoms with Gasteiger partial charge in [-0.05, 0) is 24.3 Å². The second kappa shape index (κ2) is 5.80. The predicted octanol–water partition coefficient (Wildman–Crippen LogP) is -0.720. The van der Waals surface area contributed by atoms with Crippen LogP contribution in [0.3, 0.4) is 0 Å². The minimum absolute atomic E-state index is 0.0355. The fraction of sp³-hybridized carbons (Fsp3) is 0.300. The van der Waals surface area contributed by atoms with Gasteiger partial charge in [-0.25, -0.2) is 18.4 Å². The molecule has 0 aromatic heterocycles. The van der Waals surface area contributed by atoms with E-state index in [0.29, 0.717) is 5.69 Å². The Morgan fingerprint density at radius 3 is 2.39 bits per heavy atom. The van der Waals surface area contributed by atoms with Gasteiger partial charge in [-0.3, -0.25) is 0 Å². The standard InChI is InChI=1S/C10H14N2O5S/c1-17-10(14)9(6-13)12-7-2-4-8(5-3-7)18(11,15)16/h2-5,9,12-13H,6H2,1H3,(H2,11,15,16). The lowest BCUT2D eigenvalue weighted by Gasteiger charge is -2.15. The number of sulfonamides is 1. The van der Waals surface area contributed by atoms with Crippen molar-refractivity contribution < 1.29 is 23.1 Å². The minimum Gasteiger partial charge on any atom is -0.467 e. The number of anilines is 1. The summed E-state index contributed by atoms with van der Waals surface area (Å²) in [5.74, 6) is -0.618. The summed E-state index contributed by atoms with van der Waals surface area (Å²) in [6.45, 7) is -0.441. The molecular formula is C10H14N2O5S. The molecule has 0 bridgehead atoms. The monoisotopic (exact) mass is 274 g/mol. The fourth-order valence-electron chi connectivity index (χ4n) is 1.26. The Morgan fingerprint density at radius 2 is 2.00 bits per heavy atom. The van der Waals surface area contributed by atoms with E-state index in [9.17, 15) is 13.2 Å². The molecule has 0 amide bonds. The quantitative estimate of drug-likeness (QED) is 0.610.